The zero-order valence-electron chi connectivity index (χ0n) is 12.5. The molecule has 0 aromatic heterocycles. The van der Waals surface area contributed by atoms with Crippen LogP contribution in [0.1, 0.15) is 44.2 Å². The molecule has 0 radical (unpaired) electrons. The molecule has 0 atom stereocenters. The first-order valence-corrected chi connectivity index (χ1v) is 7.78. The smallest absolute Gasteiger partial charge is 0.0236 e. The fourth-order valence-electron chi connectivity index (χ4n) is 2.81. The Balaban J connectivity index is 1.73. The molecule has 1 aromatic carbocycles. The zero-order valence-corrected chi connectivity index (χ0v) is 12.5. The molecule has 1 aromatic rings. The normalized spacial score (nSPS) is 16.4. The molecular weight excluding hydrogens is 232 g/mol. The molecule has 0 bridgehead atoms. The predicted molar refractivity (Wildman–Crippen MR) is 82.4 cm³/mol. The van der Waals surface area contributed by atoms with E-state index >= 15 is 0 Å². The molecule has 1 heterocycles. The number of unbranched alkanes of at least 4 members (excludes halogenated alkanes) is 1. The summed E-state index contributed by atoms with van der Waals surface area (Å²) in [6.07, 6.45) is 5.15. The quantitative estimate of drug-likeness (QED) is 0.790. The fourth-order valence-corrected chi connectivity index (χ4v) is 2.81. The summed E-state index contributed by atoms with van der Waals surface area (Å²) in [5.74, 6) is 0. The van der Waals surface area contributed by atoms with Crippen LogP contribution in [-0.4, -0.2) is 30.6 Å². The molecule has 0 unspecified atom stereocenters. The number of aryl methyl sites for hydroxylation is 1. The maximum atomic E-state index is 3.49. The van der Waals surface area contributed by atoms with Gasteiger partial charge in [-0.15, -0.1) is 0 Å². The third-order valence-electron chi connectivity index (χ3n) is 3.89. The van der Waals surface area contributed by atoms with E-state index in [0.717, 1.165) is 13.1 Å². The molecule has 19 heavy (non-hydrogen) atoms. The Hall–Kier alpha value is -0.860. The number of fused-ring (bicyclic) bond motifs is 1. The largest absolute Gasteiger partial charge is 0.315 e. The standard InChI is InChI=1S/C17H28N2/c1-15(2)18-11-5-6-12-19-13-7-10-16-8-3-4-9-17(16)14-19/h3-4,8-9,15,18H,5-7,10-14H2,1-2H3. The second kappa shape index (κ2) is 7.66. The van der Waals surface area contributed by atoms with Gasteiger partial charge in [-0.1, -0.05) is 38.1 Å². The third kappa shape index (κ3) is 4.96. The van der Waals surface area contributed by atoms with Crippen molar-refractivity contribution in [1.82, 2.24) is 10.2 Å². The molecule has 0 saturated carbocycles. The van der Waals surface area contributed by atoms with E-state index in [9.17, 15) is 0 Å². The fraction of sp³-hybridized carbons (Fsp3) is 0.647. The summed E-state index contributed by atoms with van der Waals surface area (Å²) in [5.41, 5.74) is 3.10. The topological polar surface area (TPSA) is 15.3 Å². The Kier molecular flexibility index (Phi) is 5.87. The van der Waals surface area contributed by atoms with Crippen LogP contribution >= 0.6 is 0 Å². The first-order valence-electron chi connectivity index (χ1n) is 7.78. The van der Waals surface area contributed by atoms with Crippen LogP contribution in [0.3, 0.4) is 0 Å². The van der Waals surface area contributed by atoms with Crippen molar-refractivity contribution in [3.8, 4) is 0 Å². The van der Waals surface area contributed by atoms with Crippen molar-refractivity contribution in [2.24, 2.45) is 0 Å². The first-order chi connectivity index (χ1) is 9.25. The van der Waals surface area contributed by atoms with Crippen LogP contribution in [0.4, 0.5) is 0 Å². The van der Waals surface area contributed by atoms with E-state index in [-0.39, 0.29) is 0 Å². The number of hydrogen-bond donors (Lipinski definition) is 1. The molecule has 0 saturated heterocycles. The molecule has 2 nitrogen and oxygen atoms in total. The lowest BCUT2D eigenvalue weighted by atomic mass is 10.0. The summed E-state index contributed by atoms with van der Waals surface area (Å²) >= 11 is 0. The highest BCUT2D eigenvalue weighted by atomic mass is 15.1. The van der Waals surface area contributed by atoms with Gasteiger partial charge in [0.15, 0.2) is 0 Å². The van der Waals surface area contributed by atoms with E-state index in [1.807, 2.05) is 0 Å². The lowest BCUT2D eigenvalue weighted by Gasteiger charge is -2.20. The van der Waals surface area contributed by atoms with Crippen molar-refractivity contribution in [1.29, 1.82) is 0 Å². The Labute approximate surface area is 118 Å². The van der Waals surface area contributed by atoms with E-state index in [4.69, 9.17) is 0 Å². The Morgan fingerprint density at radius 3 is 2.74 bits per heavy atom. The monoisotopic (exact) mass is 260 g/mol. The summed E-state index contributed by atoms with van der Waals surface area (Å²) in [4.78, 5) is 2.63. The molecule has 0 aliphatic carbocycles. The molecule has 1 aliphatic heterocycles. The van der Waals surface area contributed by atoms with Crippen molar-refractivity contribution < 1.29 is 0 Å². The highest BCUT2D eigenvalue weighted by molar-refractivity contribution is 5.27. The van der Waals surface area contributed by atoms with Gasteiger partial charge in [-0.05, 0) is 56.4 Å². The number of rotatable bonds is 6. The van der Waals surface area contributed by atoms with E-state index < -0.39 is 0 Å². The summed E-state index contributed by atoms with van der Waals surface area (Å²) in [6.45, 7) is 9.23. The average molecular weight is 260 g/mol. The lowest BCUT2D eigenvalue weighted by Crippen LogP contribution is -2.27. The number of nitrogens with one attached hydrogen (secondary N) is 1. The van der Waals surface area contributed by atoms with Gasteiger partial charge in [-0.3, -0.25) is 4.90 Å². The average Bonchev–Trinajstić information content (AvgIpc) is 2.59. The van der Waals surface area contributed by atoms with Gasteiger partial charge in [0.25, 0.3) is 0 Å². The maximum Gasteiger partial charge on any atom is 0.0236 e. The van der Waals surface area contributed by atoms with Gasteiger partial charge in [0.1, 0.15) is 0 Å². The van der Waals surface area contributed by atoms with E-state index in [1.54, 1.807) is 11.1 Å². The lowest BCUT2D eigenvalue weighted by molar-refractivity contribution is 0.263. The van der Waals surface area contributed by atoms with Crippen molar-refractivity contribution in [3.05, 3.63) is 35.4 Å². The minimum atomic E-state index is 0.616. The van der Waals surface area contributed by atoms with Crippen molar-refractivity contribution in [3.63, 3.8) is 0 Å². The van der Waals surface area contributed by atoms with E-state index in [1.165, 1.54) is 38.8 Å². The summed E-state index contributed by atoms with van der Waals surface area (Å²) in [7, 11) is 0. The maximum absolute atomic E-state index is 3.49. The molecule has 1 aliphatic rings. The molecule has 106 valence electrons. The van der Waals surface area contributed by atoms with Crippen molar-refractivity contribution >= 4 is 0 Å². The van der Waals surface area contributed by atoms with Gasteiger partial charge in [0.2, 0.25) is 0 Å². The molecule has 2 rings (SSSR count). The van der Waals surface area contributed by atoms with E-state index in [0.29, 0.717) is 6.04 Å². The second-order valence-electron chi connectivity index (χ2n) is 5.96. The summed E-state index contributed by atoms with van der Waals surface area (Å²) in [5, 5.41) is 3.49. The second-order valence-corrected chi connectivity index (χ2v) is 5.96. The van der Waals surface area contributed by atoms with Gasteiger partial charge in [-0.2, -0.15) is 0 Å². The van der Waals surface area contributed by atoms with Crippen LogP contribution in [0, 0.1) is 0 Å². The Morgan fingerprint density at radius 2 is 1.95 bits per heavy atom. The third-order valence-corrected chi connectivity index (χ3v) is 3.89. The molecule has 0 fully saturated rings. The number of hydrogen-bond acceptors (Lipinski definition) is 2. The molecule has 1 N–H and O–H groups in total. The van der Waals surface area contributed by atoms with Crippen LogP contribution in [0.2, 0.25) is 0 Å². The SMILES string of the molecule is CC(C)NCCCCN1CCCc2ccccc2C1. The van der Waals surface area contributed by atoms with Crippen LogP contribution in [0.15, 0.2) is 24.3 Å². The van der Waals surface area contributed by atoms with Crippen molar-refractivity contribution in [2.45, 2.75) is 52.1 Å². The Bertz CT molecular complexity index is 373. The predicted octanol–water partition coefficient (Wildman–Crippen LogP) is 3.21. The molecule has 2 heteroatoms. The van der Waals surface area contributed by atoms with Gasteiger partial charge < -0.3 is 5.32 Å². The van der Waals surface area contributed by atoms with Gasteiger partial charge >= 0.3 is 0 Å². The molecular formula is C17H28N2. The minimum Gasteiger partial charge on any atom is -0.315 e. The van der Waals surface area contributed by atoms with E-state index in [2.05, 4.69) is 48.3 Å². The summed E-state index contributed by atoms with van der Waals surface area (Å²) in [6, 6.07) is 9.56. The summed E-state index contributed by atoms with van der Waals surface area (Å²) < 4.78 is 0. The highest BCUT2D eigenvalue weighted by Crippen LogP contribution is 2.18. The molecule has 0 amide bonds. The zero-order chi connectivity index (χ0) is 13.5. The number of nitrogens with zero attached hydrogens (tertiary/aromatic N) is 1. The minimum absolute atomic E-state index is 0.616. The number of benzene rings is 1. The van der Waals surface area contributed by atoms with Gasteiger partial charge in [0, 0.05) is 12.6 Å². The van der Waals surface area contributed by atoms with Crippen molar-refractivity contribution in [2.75, 3.05) is 19.6 Å². The highest BCUT2D eigenvalue weighted by Gasteiger charge is 2.13. The van der Waals surface area contributed by atoms with Gasteiger partial charge in [-0.25, -0.2) is 0 Å². The Morgan fingerprint density at radius 1 is 1.16 bits per heavy atom. The van der Waals surface area contributed by atoms with Crippen LogP contribution < -0.4 is 5.32 Å². The van der Waals surface area contributed by atoms with Crippen LogP contribution in [0.5, 0.6) is 0 Å². The van der Waals surface area contributed by atoms with Gasteiger partial charge in [0.05, 0.1) is 0 Å². The van der Waals surface area contributed by atoms with Crippen LogP contribution in [-0.2, 0) is 13.0 Å². The first kappa shape index (κ1) is 14.5. The molecule has 0 spiro atoms. The van der Waals surface area contributed by atoms with Crippen LogP contribution in [0.25, 0.3) is 0 Å².